The number of carbonyl (C=O) groups is 2. The van der Waals surface area contributed by atoms with Crippen LogP contribution in [0.2, 0.25) is 0 Å². The number of anilines is 1. The largest absolute Gasteiger partial charge is 0.480 e. The summed E-state index contributed by atoms with van der Waals surface area (Å²) in [5, 5.41) is 9.63. The van der Waals surface area contributed by atoms with E-state index in [1.165, 1.54) is 16.7 Å². The number of carboxylic acids is 1. The Hall–Kier alpha value is -2.34. The molecule has 0 atom stereocenters. The summed E-state index contributed by atoms with van der Waals surface area (Å²) in [5.74, 6) is -1.44. The van der Waals surface area contributed by atoms with Crippen LogP contribution >= 0.6 is 11.8 Å². The normalized spacial score (nSPS) is 10.1. The number of aliphatic carboxylic acids is 1. The minimum absolute atomic E-state index is 0.374. The van der Waals surface area contributed by atoms with Crippen molar-refractivity contribution in [1.29, 1.82) is 0 Å². The molecule has 0 aliphatic heterocycles. The van der Waals surface area contributed by atoms with Crippen molar-refractivity contribution in [2.75, 3.05) is 17.7 Å². The van der Waals surface area contributed by atoms with E-state index >= 15 is 0 Å². The molecule has 5 nitrogen and oxygen atoms in total. The third kappa shape index (κ3) is 3.61. The number of nitrogens with zero attached hydrogens (tertiary/aromatic N) is 2. The smallest absolute Gasteiger partial charge is 0.323 e. The first kappa shape index (κ1) is 15.1. The van der Waals surface area contributed by atoms with E-state index in [1.807, 2.05) is 12.3 Å². The van der Waals surface area contributed by atoms with Gasteiger partial charge in [-0.15, -0.1) is 11.8 Å². The van der Waals surface area contributed by atoms with Gasteiger partial charge in [0.1, 0.15) is 11.6 Å². The second-order valence-corrected chi connectivity index (χ2v) is 4.98. The summed E-state index contributed by atoms with van der Waals surface area (Å²) >= 11 is 1.35. The van der Waals surface area contributed by atoms with Crippen LogP contribution < -0.4 is 4.90 Å². The van der Waals surface area contributed by atoms with Gasteiger partial charge in [-0.3, -0.25) is 14.5 Å². The van der Waals surface area contributed by atoms with Gasteiger partial charge in [0.2, 0.25) is 0 Å². The van der Waals surface area contributed by atoms with Gasteiger partial charge >= 0.3 is 5.97 Å². The Kier molecular flexibility index (Phi) is 4.94. The Morgan fingerprint density at radius 3 is 2.52 bits per heavy atom. The van der Waals surface area contributed by atoms with Gasteiger partial charge in [0.15, 0.2) is 0 Å². The molecule has 1 aromatic carbocycles. The third-order valence-electron chi connectivity index (χ3n) is 2.80. The van der Waals surface area contributed by atoms with Crippen LogP contribution in [-0.4, -0.2) is 34.8 Å². The number of carboxylic acid groups (broad SMARTS) is 1. The Labute approximate surface area is 126 Å². The Bertz CT molecular complexity index is 646. The highest BCUT2D eigenvalue weighted by molar-refractivity contribution is 7.98. The molecule has 2 aromatic rings. The molecule has 0 fully saturated rings. The van der Waals surface area contributed by atoms with Crippen LogP contribution in [0.5, 0.6) is 0 Å². The molecule has 0 unspecified atom stereocenters. The molecule has 1 amide bonds. The molecule has 0 saturated heterocycles. The average Bonchev–Trinajstić information content (AvgIpc) is 2.52. The van der Waals surface area contributed by atoms with Gasteiger partial charge in [-0.1, -0.05) is 18.2 Å². The number of pyridine rings is 1. The molecule has 1 N–H and O–H groups in total. The lowest BCUT2D eigenvalue weighted by atomic mass is 10.2. The summed E-state index contributed by atoms with van der Waals surface area (Å²) in [4.78, 5) is 29.1. The highest BCUT2D eigenvalue weighted by atomic mass is 32.2. The Balaban J connectivity index is 2.41. The van der Waals surface area contributed by atoms with Gasteiger partial charge in [0, 0.05) is 11.9 Å². The molecule has 0 bridgehead atoms. The summed E-state index contributed by atoms with van der Waals surface area (Å²) in [6.07, 6.45) is 3.43. The predicted octanol–water partition coefficient (Wildman–Crippen LogP) is 2.53. The fraction of sp³-hybridized carbons (Fsp3) is 0.133. The molecular formula is C15H14N2O3S. The van der Waals surface area contributed by atoms with E-state index in [0.29, 0.717) is 16.3 Å². The van der Waals surface area contributed by atoms with Crippen molar-refractivity contribution in [1.82, 2.24) is 4.98 Å². The highest BCUT2D eigenvalue weighted by Crippen LogP contribution is 2.22. The average molecular weight is 302 g/mol. The zero-order chi connectivity index (χ0) is 15.2. The van der Waals surface area contributed by atoms with Crippen LogP contribution in [0.15, 0.2) is 53.7 Å². The Morgan fingerprint density at radius 2 is 1.90 bits per heavy atom. The van der Waals surface area contributed by atoms with Crippen molar-refractivity contribution in [3.63, 3.8) is 0 Å². The number of para-hydroxylation sites is 1. The molecular weight excluding hydrogens is 288 g/mol. The third-order valence-corrected chi connectivity index (χ3v) is 3.51. The molecule has 1 aromatic heterocycles. The van der Waals surface area contributed by atoms with E-state index in [9.17, 15) is 9.59 Å². The summed E-state index contributed by atoms with van der Waals surface area (Å²) in [6.45, 7) is -0.397. The predicted molar refractivity (Wildman–Crippen MR) is 81.8 cm³/mol. The van der Waals surface area contributed by atoms with E-state index in [0.717, 1.165) is 0 Å². The summed E-state index contributed by atoms with van der Waals surface area (Å²) in [7, 11) is 0. The summed E-state index contributed by atoms with van der Waals surface area (Å²) < 4.78 is 0. The van der Waals surface area contributed by atoms with Gasteiger partial charge in [-0.2, -0.15) is 0 Å². The molecule has 1 heterocycles. The summed E-state index contributed by atoms with van der Waals surface area (Å²) in [5.41, 5.74) is 0.941. The lowest BCUT2D eigenvalue weighted by Crippen LogP contribution is -2.36. The molecule has 6 heteroatoms. The molecule has 0 aliphatic carbocycles. The quantitative estimate of drug-likeness (QED) is 0.859. The van der Waals surface area contributed by atoms with Crippen LogP contribution in [0.3, 0.4) is 0 Å². The second-order valence-electron chi connectivity index (χ2n) is 4.18. The maximum Gasteiger partial charge on any atom is 0.323 e. The fourth-order valence-corrected chi connectivity index (χ4v) is 2.43. The number of thioether (sulfide) groups is 1. The molecule has 108 valence electrons. The van der Waals surface area contributed by atoms with E-state index in [2.05, 4.69) is 4.98 Å². The van der Waals surface area contributed by atoms with Crippen LogP contribution in [0.4, 0.5) is 5.69 Å². The van der Waals surface area contributed by atoms with Gasteiger partial charge in [-0.05, 0) is 30.5 Å². The monoisotopic (exact) mass is 302 g/mol. The van der Waals surface area contributed by atoms with E-state index in [-0.39, 0.29) is 5.91 Å². The molecule has 0 spiro atoms. The minimum atomic E-state index is -1.07. The molecule has 0 saturated carbocycles. The number of hydrogen-bond acceptors (Lipinski definition) is 4. The van der Waals surface area contributed by atoms with Gasteiger partial charge < -0.3 is 5.11 Å². The number of aromatic nitrogens is 1. The zero-order valence-electron chi connectivity index (χ0n) is 11.4. The lowest BCUT2D eigenvalue weighted by molar-refractivity contribution is -0.135. The maximum atomic E-state index is 12.7. The van der Waals surface area contributed by atoms with Gasteiger partial charge in [0.05, 0.1) is 5.56 Å². The Morgan fingerprint density at radius 1 is 1.19 bits per heavy atom. The van der Waals surface area contributed by atoms with Crippen LogP contribution in [0.25, 0.3) is 0 Å². The molecule has 0 radical (unpaired) electrons. The standard InChI is InChI=1S/C15H14N2O3S/c1-21-14-12(8-5-9-16-14)15(20)17(10-13(18)19)11-6-3-2-4-7-11/h2-9H,10H2,1H3,(H,18,19). The van der Waals surface area contributed by atoms with Crippen molar-refractivity contribution in [2.24, 2.45) is 0 Å². The first-order valence-electron chi connectivity index (χ1n) is 6.21. The highest BCUT2D eigenvalue weighted by Gasteiger charge is 2.22. The van der Waals surface area contributed by atoms with E-state index in [4.69, 9.17) is 5.11 Å². The van der Waals surface area contributed by atoms with Gasteiger partial charge in [0.25, 0.3) is 5.91 Å². The lowest BCUT2D eigenvalue weighted by Gasteiger charge is -2.21. The van der Waals surface area contributed by atoms with Crippen LogP contribution in [0.1, 0.15) is 10.4 Å². The topological polar surface area (TPSA) is 70.5 Å². The van der Waals surface area contributed by atoms with Crippen molar-refractivity contribution < 1.29 is 14.7 Å². The zero-order valence-corrected chi connectivity index (χ0v) is 12.2. The number of benzene rings is 1. The molecule has 2 rings (SSSR count). The van der Waals surface area contributed by atoms with Gasteiger partial charge in [-0.25, -0.2) is 4.98 Å². The molecule has 21 heavy (non-hydrogen) atoms. The SMILES string of the molecule is CSc1ncccc1C(=O)N(CC(=O)O)c1ccccc1. The van der Waals surface area contributed by atoms with E-state index in [1.54, 1.807) is 42.6 Å². The number of carbonyl (C=O) groups excluding carboxylic acids is 1. The summed E-state index contributed by atoms with van der Waals surface area (Å²) in [6, 6.07) is 12.1. The number of amides is 1. The van der Waals surface area contributed by atoms with Crippen molar-refractivity contribution in [2.45, 2.75) is 5.03 Å². The van der Waals surface area contributed by atoms with Crippen LogP contribution in [-0.2, 0) is 4.79 Å². The number of rotatable bonds is 5. The van der Waals surface area contributed by atoms with Crippen molar-refractivity contribution in [3.05, 3.63) is 54.2 Å². The second kappa shape index (κ2) is 6.90. The van der Waals surface area contributed by atoms with Crippen molar-refractivity contribution in [3.8, 4) is 0 Å². The van der Waals surface area contributed by atoms with Crippen molar-refractivity contribution >= 4 is 29.3 Å². The van der Waals surface area contributed by atoms with Crippen LogP contribution in [0, 0.1) is 0 Å². The fourth-order valence-electron chi connectivity index (χ4n) is 1.89. The van der Waals surface area contributed by atoms with E-state index < -0.39 is 12.5 Å². The first-order valence-corrected chi connectivity index (χ1v) is 7.43. The first-order chi connectivity index (χ1) is 10.1. The minimum Gasteiger partial charge on any atom is -0.480 e. The maximum absolute atomic E-state index is 12.7. The number of hydrogen-bond donors (Lipinski definition) is 1. The molecule has 0 aliphatic rings.